The number of benzene rings is 1. The Hall–Kier alpha value is -3.22. The van der Waals surface area contributed by atoms with Gasteiger partial charge in [0.1, 0.15) is 23.0 Å². The van der Waals surface area contributed by atoms with E-state index in [0.717, 1.165) is 28.1 Å². The van der Waals surface area contributed by atoms with E-state index in [2.05, 4.69) is 0 Å². The number of amides is 1. The number of methoxy groups -OCH3 is 2. The third kappa shape index (κ3) is 2.66. The standard InChI is InChI=1S/C20H24N4O3/c1-9-7-13-16(19(22)25)18(21)24(20(13)23-12(9)4)17-10(2)14(26-5)8-15(27-6)11(17)3/h7-8H,21H2,1-6H3,(H2,22,25). The van der Waals surface area contributed by atoms with Gasteiger partial charge in [-0.05, 0) is 39.3 Å². The second-order valence-corrected chi connectivity index (χ2v) is 6.60. The number of aromatic nitrogens is 2. The molecule has 0 bridgehead atoms. The highest BCUT2D eigenvalue weighted by molar-refractivity contribution is 6.11. The third-order valence-corrected chi connectivity index (χ3v) is 5.05. The second-order valence-electron chi connectivity index (χ2n) is 6.60. The van der Waals surface area contributed by atoms with E-state index in [4.69, 9.17) is 25.9 Å². The van der Waals surface area contributed by atoms with Crippen molar-refractivity contribution in [1.82, 2.24) is 9.55 Å². The summed E-state index contributed by atoms with van der Waals surface area (Å²) in [4.78, 5) is 16.8. The second kappa shape index (κ2) is 6.50. The molecule has 0 spiro atoms. The first kappa shape index (κ1) is 18.6. The average molecular weight is 368 g/mol. The number of nitrogen functional groups attached to an aromatic ring is 1. The van der Waals surface area contributed by atoms with Crippen LogP contribution in [0.3, 0.4) is 0 Å². The highest BCUT2D eigenvalue weighted by Crippen LogP contribution is 2.40. The molecule has 0 radical (unpaired) electrons. The van der Waals surface area contributed by atoms with E-state index in [1.54, 1.807) is 18.8 Å². The zero-order valence-corrected chi connectivity index (χ0v) is 16.4. The van der Waals surface area contributed by atoms with Crippen molar-refractivity contribution >= 4 is 22.8 Å². The van der Waals surface area contributed by atoms with Crippen molar-refractivity contribution in [2.24, 2.45) is 5.73 Å². The van der Waals surface area contributed by atoms with Crippen LogP contribution in [0.2, 0.25) is 0 Å². The maximum atomic E-state index is 12.1. The minimum absolute atomic E-state index is 0.247. The fourth-order valence-electron chi connectivity index (χ4n) is 3.51. The molecule has 1 amide bonds. The first-order valence-corrected chi connectivity index (χ1v) is 8.53. The fraction of sp³-hybridized carbons (Fsp3) is 0.300. The molecule has 2 heterocycles. The molecule has 0 aliphatic rings. The summed E-state index contributed by atoms with van der Waals surface area (Å²) in [6.07, 6.45) is 0. The lowest BCUT2D eigenvalue weighted by molar-refractivity contribution is 0.100. The molecule has 0 fully saturated rings. The van der Waals surface area contributed by atoms with Crippen LogP contribution in [0.1, 0.15) is 32.7 Å². The first-order chi connectivity index (χ1) is 12.7. The largest absolute Gasteiger partial charge is 0.496 e. The van der Waals surface area contributed by atoms with Crippen LogP contribution in [-0.2, 0) is 0 Å². The molecule has 0 saturated heterocycles. The Morgan fingerprint density at radius 1 is 1.04 bits per heavy atom. The Morgan fingerprint density at radius 2 is 1.59 bits per heavy atom. The van der Waals surface area contributed by atoms with Crippen molar-refractivity contribution in [3.63, 3.8) is 0 Å². The smallest absolute Gasteiger partial charge is 0.253 e. The predicted octanol–water partition coefficient (Wildman–Crippen LogP) is 2.96. The summed E-state index contributed by atoms with van der Waals surface area (Å²) in [7, 11) is 3.19. The maximum Gasteiger partial charge on any atom is 0.253 e. The van der Waals surface area contributed by atoms with Gasteiger partial charge in [0.05, 0.1) is 25.5 Å². The fourth-order valence-corrected chi connectivity index (χ4v) is 3.51. The minimum Gasteiger partial charge on any atom is -0.496 e. The molecule has 0 unspecified atom stereocenters. The van der Waals surface area contributed by atoms with Gasteiger partial charge in [-0.3, -0.25) is 9.36 Å². The van der Waals surface area contributed by atoms with Crippen molar-refractivity contribution in [1.29, 1.82) is 0 Å². The lowest BCUT2D eigenvalue weighted by Gasteiger charge is -2.19. The van der Waals surface area contributed by atoms with Crippen LogP contribution in [-0.4, -0.2) is 29.7 Å². The number of nitrogens with two attached hydrogens (primary N) is 2. The summed E-state index contributed by atoms with van der Waals surface area (Å²) in [5, 5.41) is 0.628. The van der Waals surface area contributed by atoms with Gasteiger partial charge in [0.15, 0.2) is 0 Å². The molecule has 0 aliphatic heterocycles. The van der Waals surface area contributed by atoms with E-state index in [9.17, 15) is 4.79 Å². The molecule has 7 heteroatoms. The average Bonchev–Trinajstić information content (AvgIpc) is 2.88. The number of aryl methyl sites for hydroxylation is 2. The maximum absolute atomic E-state index is 12.1. The van der Waals surface area contributed by atoms with Gasteiger partial charge >= 0.3 is 0 Å². The van der Waals surface area contributed by atoms with Crippen LogP contribution in [0.15, 0.2) is 12.1 Å². The summed E-state index contributed by atoms with van der Waals surface area (Å²) in [5.74, 6) is 0.958. The summed E-state index contributed by atoms with van der Waals surface area (Å²) >= 11 is 0. The Kier molecular flexibility index (Phi) is 4.47. The highest BCUT2D eigenvalue weighted by Gasteiger charge is 2.25. The number of fused-ring (bicyclic) bond motifs is 1. The van der Waals surface area contributed by atoms with Crippen molar-refractivity contribution in [2.75, 3.05) is 20.0 Å². The quantitative estimate of drug-likeness (QED) is 0.736. The van der Waals surface area contributed by atoms with Crippen LogP contribution < -0.4 is 20.9 Å². The number of nitrogens with zero attached hydrogens (tertiary/aromatic N) is 2. The van der Waals surface area contributed by atoms with Gasteiger partial charge in [-0.2, -0.15) is 0 Å². The first-order valence-electron chi connectivity index (χ1n) is 8.53. The monoisotopic (exact) mass is 368 g/mol. The van der Waals surface area contributed by atoms with E-state index < -0.39 is 5.91 Å². The van der Waals surface area contributed by atoms with Gasteiger partial charge in [0.25, 0.3) is 5.91 Å². The van der Waals surface area contributed by atoms with E-state index >= 15 is 0 Å². The van der Waals surface area contributed by atoms with Crippen molar-refractivity contribution in [2.45, 2.75) is 27.7 Å². The number of carbonyl (C=O) groups is 1. The molecule has 142 valence electrons. The van der Waals surface area contributed by atoms with Crippen LogP contribution in [0.4, 0.5) is 5.82 Å². The summed E-state index contributed by atoms with van der Waals surface area (Å²) in [5.41, 5.74) is 17.2. The van der Waals surface area contributed by atoms with Gasteiger partial charge < -0.3 is 20.9 Å². The molecule has 0 aliphatic carbocycles. The van der Waals surface area contributed by atoms with E-state index in [1.165, 1.54) is 0 Å². The number of hydrogen-bond donors (Lipinski definition) is 2. The summed E-state index contributed by atoms with van der Waals surface area (Å²) < 4.78 is 12.8. The number of anilines is 1. The summed E-state index contributed by atoms with van der Waals surface area (Å²) in [6.45, 7) is 7.71. The SMILES string of the molecule is COc1cc(OC)c(C)c(-n2c(N)c(C(N)=O)c3cc(C)c(C)nc32)c1C. The van der Waals surface area contributed by atoms with Crippen LogP contribution in [0.5, 0.6) is 11.5 Å². The minimum atomic E-state index is -0.591. The number of ether oxygens (including phenoxy) is 2. The molecule has 2 aromatic heterocycles. The molecule has 27 heavy (non-hydrogen) atoms. The molecule has 0 saturated carbocycles. The van der Waals surface area contributed by atoms with Crippen LogP contribution >= 0.6 is 0 Å². The molecule has 0 atom stereocenters. The van der Waals surface area contributed by atoms with E-state index in [-0.39, 0.29) is 11.4 Å². The Balaban J connectivity index is 2.55. The normalized spacial score (nSPS) is 11.0. The molecule has 4 N–H and O–H groups in total. The van der Waals surface area contributed by atoms with Gasteiger partial charge in [0, 0.05) is 28.3 Å². The van der Waals surface area contributed by atoms with Crippen LogP contribution in [0.25, 0.3) is 16.7 Å². The number of rotatable bonds is 4. The number of hydrogen-bond acceptors (Lipinski definition) is 5. The lowest BCUT2D eigenvalue weighted by atomic mass is 10.1. The number of carbonyl (C=O) groups excluding carboxylic acids is 1. The zero-order valence-electron chi connectivity index (χ0n) is 16.4. The molecule has 3 aromatic rings. The van der Waals surface area contributed by atoms with E-state index in [1.807, 2.05) is 39.8 Å². The van der Waals surface area contributed by atoms with Gasteiger partial charge in [-0.25, -0.2) is 4.98 Å². The molecular formula is C20H24N4O3. The lowest BCUT2D eigenvalue weighted by Crippen LogP contribution is -2.14. The Bertz CT molecular complexity index is 1050. The number of pyridine rings is 1. The topological polar surface area (TPSA) is 105 Å². The zero-order chi connectivity index (χ0) is 20.0. The Labute approximate surface area is 157 Å². The molecule has 7 nitrogen and oxygen atoms in total. The van der Waals surface area contributed by atoms with Crippen molar-refractivity contribution < 1.29 is 14.3 Å². The van der Waals surface area contributed by atoms with E-state index in [0.29, 0.717) is 22.5 Å². The molecular weight excluding hydrogens is 344 g/mol. The summed E-state index contributed by atoms with van der Waals surface area (Å²) in [6, 6.07) is 3.72. The van der Waals surface area contributed by atoms with Gasteiger partial charge in [0.2, 0.25) is 0 Å². The van der Waals surface area contributed by atoms with Crippen molar-refractivity contribution in [3.8, 4) is 17.2 Å². The predicted molar refractivity (Wildman–Crippen MR) is 106 cm³/mol. The number of primary amides is 1. The highest BCUT2D eigenvalue weighted by atomic mass is 16.5. The Morgan fingerprint density at radius 3 is 2.07 bits per heavy atom. The molecule has 1 aromatic carbocycles. The van der Waals surface area contributed by atoms with Crippen molar-refractivity contribution in [3.05, 3.63) is 40.1 Å². The van der Waals surface area contributed by atoms with Gasteiger partial charge in [-0.1, -0.05) is 0 Å². The molecule has 3 rings (SSSR count). The van der Waals surface area contributed by atoms with Crippen LogP contribution in [0, 0.1) is 27.7 Å². The third-order valence-electron chi connectivity index (χ3n) is 5.05. The van der Waals surface area contributed by atoms with Gasteiger partial charge in [-0.15, -0.1) is 0 Å².